The second-order valence-corrected chi connectivity index (χ2v) is 5.13. The number of nitriles is 1. The number of nitrogens with zero attached hydrogens (tertiary/aromatic N) is 1. The zero-order valence-corrected chi connectivity index (χ0v) is 13.0. The lowest BCUT2D eigenvalue weighted by atomic mass is 10.1. The van der Waals surface area contributed by atoms with Crippen molar-refractivity contribution in [3.05, 3.63) is 58.1 Å². The van der Waals surface area contributed by atoms with E-state index in [2.05, 4.69) is 21.2 Å². The van der Waals surface area contributed by atoms with Crippen molar-refractivity contribution in [3.63, 3.8) is 0 Å². The van der Waals surface area contributed by atoms with Gasteiger partial charge < -0.3 is 10.1 Å². The number of nitrogens with one attached hydrogen (secondary N) is 1. The summed E-state index contributed by atoms with van der Waals surface area (Å²) >= 11 is 3.32. The smallest absolute Gasteiger partial charge is 0.255 e. The zero-order chi connectivity index (χ0) is 15.2. The van der Waals surface area contributed by atoms with Crippen LogP contribution < -0.4 is 10.1 Å². The highest BCUT2D eigenvalue weighted by Crippen LogP contribution is 2.22. The molecule has 0 saturated carbocycles. The fraction of sp³-hybridized carbons (Fsp3) is 0.125. The number of carbonyl (C=O) groups excluding carboxylic acids is 1. The van der Waals surface area contributed by atoms with Gasteiger partial charge in [0.05, 0.1) is 17.9 Å². The fourth-order valence-corrected chi connectivity index (χ4v) is 2.14. The Kier molecular flexibility index (Phi) is 4.96. The lowest BCUT2D eigenvalue weighted by molar-refractivity contribution is 0.102. The van der Waals surface area contributed by atoms with E-state index in [-0.39, 0.29) is 5.91 Å². The summed E-state index contributed by atoms with van der Waals surface area (Å²) in [5.74, 6) is 0.446. The number of carbonyl (C=O) groups is 1. The molecule has 0 saturated heterocycles. The van der Waals surface area contributed by atoms with E-state index in [4.69, 9.17) is 10.00 Å². The van der Waals surface area contributed by atoms with E-state index in [0.717, 1.165) is 4.47 Å². The molecule has 4 nitrogen and oxygen atoms in total. The maximum absolute atomic E-state index is 12.2. The van der Waals surface area contributed by atoms with E-state index in [9.17, 15) is 4.79 Å². The predicted octanol–water partition coefficient (Wildman–Crippen LogP) is 3.97. The molecule has 0 radical (unpaired) electrons. The number of hydrogen-bond donors (Lipinski definition) is 1. The Hall–Kier alpha value is -2.32. The third-order valence-electron chi connectivity index (χ3n) is 2.78. The third kappa shape index (κ3) is 3.83. The highest BCUT2D eigenvalue weighted by Gasteiger charge is 2.10. The van der Waals surface area contributed by atoms with Gasteiger partial charge in [0.2, 0.25) is 0 Å². The molecule has 0 atom stereocenters. The minimum absolute atomic E-state index is 0.271. The van der Waals surface area contributed by atoms with Crippen molar-refractivity contribution >= 4 is 27.5 Å². The highest BCUT2D eigenvalue weighted by molar-refractivity contribution is 9.10. The maximum atomic E-state index is 12.2. The van der Waals surface area contributed by atoms with Gasteiger partial charge in [0.1, 0.15) is 11.8 Å². The Bertz CT molecular complexity index is 690. The first kappa shape index (κ1) is 15.1. The summed E-state index contributed by atoms with van der Waals surface area (Å²) < 4.78 is 6.13. The van der Waals surface area contributed by atoms with Gasteiger partial charge in [-0.05, 0) is 49.4 Å². The van der Waals surface area contributed by atoms with E-state index < -0.39 is 0 Å². The van der Waals surface area contributed by atoms with Gasteiger partial charge in [-0.1, -0.05) is 15.9 Å². The van der Waals surface area contributed by atoms with Gasteiger partial charge in [0.25, 0.3) is 5.91 Å². The van der Waals surface area contributed by atoms with E-state index in [1.165, 1.54) is 0 Å². The van der Waals surface area contributed by atoms with Crippen LogP contribution in [-0.2, 0) is 0 Å². The van der Waals surface area contributed by atoms with Gasteiger partial charge in [0.15, 0.2) is 0 Å². The minimum atomic E-state index is -0.271. The molecule has 1 amide bonds. The molecule has 21 heavy (non-hydrogen) atoms. The van der Waals surface area contributed by atoms with Crippen LogP contribution in [0.4, 0.5) is 5.69 Å². The van der Waals surface area contributed by atoms with Crippen molar-refractivity contribution in [2.45, 2.75) is 6.92 Å². The van der Waals surface area contributed by atoms with E-state index >= 15 is 0 Å². The average molecular weight is 345 g/mol. The normalized spacial score (nSPS) is 9.76. The van der Waals surface area contributed by atoms with Crippen LogP contribution in [0.1, 0.15) is 22.8 Å². The summed E-state index contributed by atoms with van der Waals surface area (Å²) in [7, 11) is 0. The van der Waals surface area contributed by atoms with Crippen LogP contribution >= 0.6 is 15.9 Å². The number of hydrogen-bond acceptors (Lipinski definition) is 3. The molecule has 5 heteroatoms. The molecule has 0 spiro atoms. The van der Waals surface area contributed by atoms with Crippen LogP contribution in [0.15, 0.2) is 46.9 Å². The molecule has 0 aliphatic rings. The molecular weight excluding hydrogens is 332 g/mol. The lowest BCUT2D eigenvalue weighted by Gasteiger charge is -2.08. The molecule has 0 aliphatic heterocycles. The summed E-state index contributed by atoms with van der Waals surface area (Å²) in [6.45, 7) is 2.48. The maximum Gasteiger partial charge on any atom is 0.255 e. The predicted molar refractivity (Wildman–Crippen MR) is 84.4 cm³/mol. The molecule has 2 aromatic rings. The molecule has 0 fully saturated rings. The van der Waals surface area contributed by atoms with E-state index in [1.807, 2.05) is 13.0 Å². The molecule has 0 bridgehead atoms. The van der Waals surface area contributed by atoms with Crippen molar-refractivity contribution in [1.29, 1.82) is 5.26 Å². The number of halogens is 1. The van der Waals surface area contributed by atoms with E-state index in [1.54, 1.807) is 42.5 Å². The summed E-state index contributed by atoms with van der Waals surface area (Å²) in [6, 6.07) is 14.0. The van der Waals surface area contributed by atoms with Crippen LogP contribution in [0, 0.1) is 11.3 Å². The standard InChI is InChI=1S/C16H13BrN2O2/c1-2-21-14-7-4-11(5-8-14)16(20)19-15-9-13(17)6-3-12(15)10-18/h3-9H,2H2,1H3,(H,19,20). The van der Waals surface area contributed by atoms with Gasteiger partial charge in [-0.15, -0.1) is 0 Å². The van der Waals surface area contributed by atoms with Crippen LogP contribution in [0.3, 0.4) is 0 Å². The monoisotopic (exact) mass is 344 g/mol. The van der Waals surface area contributed by atoms with Crippen LogP contribution in [0.5, 0.6) is 5.75 Å². The summed E-state index contributed by atoms with van der Waals surface area (Å²) in [6.07, 6.45) is 0. The molecule has 0 aromatic heterocycles. The molecule has 106 valence electrons. The number of ether oxygens (including phenoxy) is 1. The topological polar surface area (TPSA) is 62.1 Å². The SMILES string of the molecule is CCOc1ccc(C(=O)Nc2cc(Br)ccc2C#N)cc1. The average Bonchev–Trinajstić information content (AvgIpc) is 2.48. The van der Waals surface area contributed by atoms with Gasteiger partial charge in [-0.25, -0.2) is 0 Å². The fourth-order valence-electron chi connectivity index (χ4n) is 1.78. The van der Waals surface area contributed by atoms with Crippen LogP contribution in [-0.4, -0.2) is 12.5 Å². The second kappa shape index (κ2) is 6.91. The minimum Gasteiger partial charge on any atom is -0.494 e. The number of amides is 1. The van der Waals surface area contributed by atoms with Gasteiger partial charge >= 0.3 is 0 Å². The van der Waals surface area contributed by atoms with Crippen molar-refractivity contribution in [2.24, 2.45) is 0 Å². The molecule has 0 heterocycles. The van der Waals surface area contributed by atoms with Crippen LogP contribution in [0.2, 0.25) is 0 Å². The first-order chi connectivity index (χ1) is 10.1. The molecular formula is C16H13BrN2O2. The molecule has 0 aliphatic carbocycles. The molecule has 2 aromatic carbocycles. The van der Waals surface area contributed by atoms with Crippen molar-refractivity contribution in [1.82, 2.24) is 0 Å². The van der Waals surface area contributed by atoms with E-state index in [0.29, 0.717) is 29.2 Å². The van der Waals surface area contributed by atoms with Gasteiger partial charge in [-0.3, -0.25) is 4.79 Å². The Balaban J connectivity index is 2.18. The number of rotatable bonds is 4. The summed E-state index contributed by atoms with van der Waals surface area (Å²) in [5.41, 5.74) is 1.39. The first-order valence-electron chi connectivity index (χ1n) is 6.38. The van der Waals surface area contributed by atoms with Crippen molar-refractivity contribution in [2.75, 3.05) is 11.9 Å². The second-order valence-electron chi connectivity index (χ2n) is 4.21. The lowest BCUT2D eigenvalue weighted by Crippen LogP contribution is -2.12. The molecule has 1 N–H and O–H groups in total. The summed E-state index contributed by atoms with van der Waals surface area (Å²) in [4.78, 5) is 12.2. The number of anilines is 1. The summed E-state index contributed by atoms with van der Waals surface area (Å²) in [5, 5.41) is 11.8. The third-order valence-corrected chi connectivity index (χ3v) is 3.27. The zero-order valence-electron chi connectivity index (χ0n) is 11.4. The Morgan fingerprint density at radius 3 is 2.62 bits per heavy atom. The highest BCUT2D eigenvalue weighted by atomic mass is 79.9. The Morgan fingerprint density at radius 2 is 2.00 bits per heavy atom. The largest absolute Gasteiger partial charge is 0.494 e. The van der Waals surface area contributed by atoms with Crippen molar-refractivity contribution in [3.8, 4) is 11.8 Å². The molecule has 2 rings (SSSR count). The van der Waals surface area contributed by atoms with Crippen molar-refractivity contribution < 1.29 is 9.53 Å². The van der Waals surface area contributed by atoms with Gasteiger partial charge in [-0.2, -0.15) is 5.26 Å². The number of benzene rings is 2. The molecule has 0 unspecified atom stereocenters. The Morgan fingerprint density at radius 1 is 1.29 bits per heavy atom. The van der Waals surface area contributed by atoms with Crippen LogP contribution in [0.25, 0.3) is 0 Å². The Labute approximate surface area is 131 Å². The first-order valence-corrected chi connectivity index (χ1v) is 7.17. The quantitative estimate of drug-likeness (QED) is 0.912. The van der Waals surface area contributed by atoms with Gasteiger partial charge in [0, 0.05) is 10.0 Å².